The quantitative estimate of drug-likeness (QED) is 0.538. The lowest BCUT2D eigenvalue weighted by Gasteiger charge is -2.25. The molecule has 0 aromatic heterocycles. The molecule has 0 bridgehead atoms. The molecule has 1 fully saturated rings. The van der Waals surface area contributed by atoms with Gasteiger partial charge in [0.25, 0.3) is 5.91 Å². The van der Waals surface area contributed by atoms with Gasteiger partial charge in [-0.05, 0) is 30.9 Å². The number of carbonyl (C=O) groups is 4. The van der Waals surface area contributed by atoms with Crippen molar-refractivity contribution in [2.75, 3.05) is 20.2 Å². The molecule has 8 nitrogen and oxygen atoms in total. The maximum absolute atomic E-state index is 12.9. The second-order valence-corrected chi connectivity index (χ2v) is 6.86. The number of hydrogen-bond donors (Lipinski definition) is 1. The lowest BCUT2D eigenvalue weighted by molar-refractivity contribution is -0.148. The number of aryl methyl sites for hydroxylation is 1. The first-order valence-electron chi connectivity index (χ1n) is 9.31. The highest BCUT2D eigenvalue weighted by molar-refractivity contribution is 6.09. The Morgan fingerprint density at radius 2 is 1.82 bits per heavy atom. The SMILES string of the molecule is CCC1(CC)NC(=O)N(CC(=O)N(CC(=O)OC)Cc2ccccc2C)C1=O. The van der Waals surface area contributed by atoms with Crippen LogP contribution in [0.5, 0.6) is 0 Å². The van der Waals surface area contributed by atoms with Gasteiger partial charge in [-0.2, -0.15) is 0 Å². The number of methoxy groups -OCH3 is 1. The van der Waals surface area contributed by atoms with Gasteiger partial charge in [0.2, 0.25) is 5.91 Å². The predicted octanol–water partition coefficient (Wildman–Crippen LogP) is 1.61. The average Bonchev–Trinajstić information content (AvgIpc) is 2.93. The van der Waals surface area contributed by atoms with Crippen molar-refractivity contribution in [3.05, 3.63) is 35.4 Å². The third-order valence-electron chi connectivity index (χ3n) is 5.27. The molecule has 0 radical (unpaired) electrons. The van der Waals surface area contributed by atoms with Crippen LogP contribution in [0.4, 0.5) is 4.79 Å². The van der Waals surface area contributed by atoms with Crippen LogP contribution in [0, 0.1) is 6.92 Å². The van der Waals surface area contributed by atoms with Crippen molar-refractivity contribution in [2.24, 2.45) is 0 Å². The van der Waals surface area contributed by atoms with Crippen molar-refractivity contribution in [1.29, 1.82) is 0 Å². The molecule has 1 N–H and O–H groups in total. The molecule has 1 heterocycles. The highest BCUT2D eigenvalue weighted by Gasteiger charge is 2.49. The highest BCUT2D eigenvalue weighted by atomic mass is 16.5. The van der Waals surface area contributed by atoms with Crippen LogP contribution in [-0.2, 0) is 25.7 Å². The van der Waals surface area contributed by atoms with Gasteiger partial charge in [0.15, 0.2) is 0 Å². The molecule has 28 heavy (non-hydrogen) atoms. The predicted molar refractivity (Wildman–Crippen MR) is 102 cm³/mol. The van der Waals surface area contributed by atoms with Crippen LogP contribution >= 0.6 is 0 Å². The fraction of sp³-hybridized carbons (Fsp3) is 0.500. The molecule has 1 aromatic rings. The summed E-state index contributed by atoms with van der Waals surface area (Å²) < 4.78 is 4.69. The van der Waals surface area contributed by atoms with E-state index in [9.17, 15) is 19.2 Å². The van der Waals surface area contributed by atoms with E-state index in [1.165, 1.54) is 12.0 Å². The van der Waals surface area contributed by atoms with E-state index in [2.05, 4.69) is 10.1 Å². The van der Waals surface area contributed by atoms with Gasteiger partial charge in [-0.1, -0.05) is 38.1 Å². The normalized spacial score (nSPS) is 15.4. The van der Waals surface area contributed by atoms with Gasteiger partial charge < -0.3 is 15.0 Å². The van der Waals surface area contributed by atoms with Crippen LogP contribution in [0.2, 0.25) is 0 Å². The standard InChI is InChI=1S/C20H27N3O5/c1-5-20(6-2)18(26)23(19(27)21-20)12-16(24)22(13-17(25)28-4)11-15-10-8-7-9-14(15)3/h7-10H,5-6,11-13H2,1-4H3,(H,21,27). The molecule has 1 aliphatic heterocycles. The van der Waals surface area contributed by atoms with Crippen molar-refractivity contribution in [2.45, 2.75) is 45.7 Å². The van der Waals surface area contributed by atoms with Gasteiger partial charge in [0.05, 0.1) is 7.11 Å². The molecular weight excluding hydrogens is 362 g/mol. The Balaban J connectivity index is 2.20. The molecule has 0 saturated carbocycles. The molecule has 4 amide bonds. The molecule has 0 atom stereocenters. The summed E-state index contributed by atoms with van der Waals surface area (Å²) in [7, 11) is 1.24. The lowest BCUT2D eigenvalue weighted by atomic mass is 9.93. The number of carbonyl (C=O) groups excluding carboxylic acids is 4. The summed E-state index contributed by atoms with van der Waals surface area (Å²) in [5.74, 6) is -1.49. The third-order valence-corrected chi connectivity index (χ3v) is 5.27. The summed E-state index contributed by atoms with van der Waals surface area (Å²) in [6, 6.07) is 6.91. The summed E-state index contributed by atoms with van der Waals surface area (Å²) in [4.78, 5) is 51.9. The van der Waals surface area contributed by atoms with Crippen LogP contribution in [0.15, 0.2) is 24.3 Å². The van der Waals surface area contributed by atoms with Gasteiger partial charge in [-0.25, -0.2) is 4.79 Å². The molecule has 0 unspecified atom stereocenters. The molecular formula is C20H27N3O5. The van der Waals surface area contributed by atoms with E-state index in [1.807, 2.05) is 45.0 Å². The fourth-order valence-electron chi connectivity index (χ4n) is 3.23. The van der Waals surface area contributed by atoms with E-state index in [0.717, 1.165) is 16.0 Å². The summed E-state index contributed by atoms with van der Waals surface area (Å²) in [6.45, 7) is 5.03. The smallest absolute Gasteiger partial charge is 0.325 e. The second-order valence-electron chi connectivity index (χ2n) is 6.86. The molecule has 1 aliphatic rings. The maximum Gasteiger partial charge on any atom is 0.325 e. The van der Waals surface area contributed by atoms with E-state index in [1.54, 1.807) is 0 Å². The first kappa shape index (κ1) is 21.4. The molecule has 1 saturated heterocycles. The fourth-order valence-corrected chi connectivity index (χ4v) is 3.23. The number of benzene rings is 1. The summed E-state index contributed by atoms with van der Waals surface area (Å²) in [5.41, 5.74) is 0.866. The Morgan fingerprint density at radius 3 is 2.36 bits per heavy atom. The molecule has 152 valence electrons. The number of rotatable bonds is 8. The van der Waals surface area contributed by atoms with Crippen molar-refractivity contribution in [3.8, 4) is 0 Å². The van der Waals surface area contributed by atoms with Gasteiger partial charge >= 0.3 is 12.0 Å². The second kappa shape index (κ2) is 8.86. The maximum atomic E-state index is 12.9. The van der Waals surface area contributed by atoms with Gasteiger partial charge in [0, 0.05) is 6.54 Å². The van der Waals surface area contributed by atoms with E-state index >= 15 is 0 Å². The largest absolute Gasteiger partial charge is 0.468 e. The minimum atomic E-state index is -0.972. The number of amides is 4. The number of urea groups is 1. The van der Waals surface area contributed by atoms with Gasteiger partial charge in [-0.15, -0.1) is 0 Å². The lowest BCUT2D eigenvalue weighted by Crippen LogP contribution is -2.47. The number of imide groups is 1. The van der Waals surface area contributed by atoms with Crippen LogP contribution < -0.4 is 5.32 Å². The highest BCUT2D eigenvalue weighted by Crippen LogP contribution is 2.25. The van der Waals surface area contributed by atoms with E-state index in [-0.39, 0.29) is 13.1 Å². The van der Waals surface area contributed by atoms with Crippen LogP contribution in [-0.4, -0.2) is 59.4 Å². The van der Waals surface area contributed by atoms with Crippen LogP contribution in [0.3, 0.4) is 0 Å². The Kier molecular flexibility index (Phi) is 6.77. The first-order valence-corrected chi connectivity index (χ1v) is 9.31. The Labute approximate surface area is 164 Å². The van der Waals surface area contributed by atoms with Gasteiger partial charge in [0.1, 0.15) is 18.6 Å². The molecule has 2 rings (SSSR count). The number of hydrogen-bond acceptors (Lipinski definition) is 5. The van der Waals surface area contributed by atoms with Crippen molar-refractivity contribution < 1.29 is 23.9 Å². The average molecular weight is 389 g/mol. The van der Waals surface area contributed by atoms with E-state index in [4.69, 9.17) is 0 Å². The Morgan fingerprint density at radius 1 is 1.18 bits per heavy atom. The zero-order chi connectivity index (χ0) is 20.9. The van der Waals surface area contributed by atoms with Gasteiger partial charge in [-0.3, -0.25) is 19.3 Å². The Hall–Kier alpha value is -2.90. The summed E-state index contributed by atoms with van der Waals surface area (Å²) in [5, 5.41) is 2.70. The Bertz CT molecular complexity index is 773. The number of ether oxygens (including phenoxy) is 1. The number of nitrogens with zero attached hydrogens (tertiary/aromatic N) is 2. The third kappa shape index (κ3) is 4.32. The van der Waals surface area contributed by atoms with Crippen LogP contribution in [0.1, 0.15) is 37.8 Å². The first-order chi connectivity index (χ1) is 13.3. The van der Waals surface area contributed by atoms with Crippen molar-refractivity contribution in [3.63, 3.8) is 0 Å². The minimum absolute atomic E-state index is 0.178. The van der Waals surface area contributed by atoms with Crippen molar-refractivity contribution >= 4 is 23.8 Å². The monoisotopic (exact) mass is 389 g/mol. The number of nitrogens with one attached hydrogen (secondary N) is 1. The van der Waals surface area contributed by atoms with E-state index in [0.29, 0.717) is 12.8 Å². The minimum Gasteiger partial charge on any atom is -0.468 e. The van der Waals surface area contributed by atoms with E-state index < -0.39 is 35.9 Å². The van der Waals surface area contributed by atoms with Crippen molar-refractivity contribution in [1.82, 2.24) is 15.1 Å². The topological polar surface area (TPSA) is 96.0 Å². The molecule has 0 spiro atoms. The zero-order valence-electron chi connectivity index (χ0n) is 16.8. The summed E-state index contributed by atoms with van der Waals surface area (Å²) >= 11 is 0. The van der Waals surface area contributed by atoms with Crippen LogP contribution in [0.25, 0.3) is 0 Å². The zero-order valence-corrected chi connectivity index (χ0v) is 16.8. The molecule has 8 heteroatoms. The molecule has 1 aromatic carbocycles. The number of esters is 1. The molecule has 0 aliphatic carbocycles. The summed E-state index contributed by atoms with van der Waals surface area (Å²) in [6.07, 6.45) is 0.877.